The van der Waals surface area contributed by atoms with Crippen LogP contribution in [-0.2, 0) is 12.8 Å². The zero-order chi connectivity index (χ0) is 22.2. The van der Waals surface area contributed by atoms with E-state index >= 15 is 0 Å². The van der Waals surface area contributed by atoms with Crippen LogP contribution >= 0.6 is 11.3 Å². The number of primary amides is 1. The van der Waals surface area contributed by atoms with Crippen LogP contribution in [-0.4, -0.2) is 21.8 Å². The molecule has 1 aliphatic rings. The zero-order valence-corrected chi connectivity index (χ0v) is 18.4. The summed E-state index contributed by atoms with van der Waals surface area (Å²) in [6.45, 7) is 2.20. The van der Waals surface area contributed by atoms with E-state index in [9.17, 15) is 9.59 Å². The molecule has 3 N–H and O–H groups in total. The highest BCUT2D eigenvalue weighted by atomic mass is 32.1. The lowest BCUT2D eigenvalue weighted by atomic mass is 9.88. The third-order valence-electron chi connectivity index (χ3n) is 5.87. The Morgan fingerprint density at radius 1 is 1.12 bits per heavy atom. The average molecular weight is 443 g/mol. The number of nitrogens with zero attached hydrogens (tertiary/aromatic N) is 2. The van der Waals surface area contributed by atoms with Gasteiger partial charge in [-0.3, -0.25) is 14.6 Å². The minimum atomic E-state index is -0.499. The van der Waals surface area contributed by atoms with Crippen molar-refractivity contribution in [2.24, 2.45) is 11.7 Å². The normalized spacial score (nSPS) is 15.3. The number of para-hydroxylation sites is 1. The van der Waals surface area contributed by atoms with Gasteiger partial charge >= 0.3 is 0 Å². The minimum Gasteiger partial charge on any atom is -0.365 e. The molecule has 0 fully saturated rings. The standard InChI is InChI=1S/C25H22N4O2S/c1-14-9-10-16-21(12-14)32-25(22(16)23(26)30)29-24(31)17-13-20(19-8-4-5-11-27-19)28-18-7-3-2-6-15(17)18/h2-8,11,13-14H,9-10,12H2,1H3,(H2,26,30)(H,29,31)/t14-/m1/s1. The molecule has 0 unspecified atom stereocenters. The second kappa shape index (κ2) is 8.16. The third-order valence-corrected chi connectivity index (χ3v) is 7.04. The molecule has 0 radical (unpaired) electrons. The molecule has 0 aliphatic heterocycles. The van der Waals surface area contributed by atoms with Crippen LogP contribution < -0.4 is 11.1 Å². The Hall–Kier alpha value is -3.58. The molecule has 1 aromatic carbocycles. The van der Waals surface area contributed by atoms with E-state index in [4.69, 9.17) is 5.73 Å². The molecule has 1 atom stereocenters. The number of benzene rings is 1. The maximum absolute atomic E-state index is 13.5. The van der Waals surface area contributed by atoms with Gasteiger partial charge in [-0.25, -0.2) is 4.98 Å². The van der Waals surface area contributed by atoms with Crippen molar-refractivity contribution in [1.29, 1.82) is 0 Å². The van der Waals surface area contributed by atoms with Crippen molar-refractivity contribution in [1.82, 2.24) is 9.97 Å². The fourth-order valence-corrected chi connectivity index (χ4v) is 5.69. The van der Waals surface area contributed by atoms with Crippen molar-refractivity contribution in [2.45, 2.75) is 26.2 Å². The van der Waals surface area contributed by atoms with Gasteiger partial charge in [0.25, 0.3) is 11.8 Å². The SMILES string of the molecule is C[C@@H]1CCc2c(sc(NC(=O)c3cc(-c4ccccn4)nc4ccccc34)c2C(N)=O)C1. The molecular formula is C25H22N4O2S. The van der Waals surface area contributed by atoms with Gasteiger partial charge in [-0.15, -0.1) is 11.3 Å². The Labute approximate surface area is 189 Å². The van der Waals surface area contributed by atoms with Crippen molar-refractivity contribution in [3.63, 3.8) is 0 Å². The van der Waals surface area contributed by atoms with Crippen LogP contribution in [0.3, 0.4) is 0 Å². The van der Waals surface area contributed by atoms with Gasteiger partial charge in [-0.05, 0) is 55.0 Å². The second-order valence-electron chi connectivity index (χ2n) is 8.16. The lowest BCUT2D eigenvalue weighted by molar-refractivity contribution is 0.1000. The maximum atomic E-state index is 13.5. The van der Waals surface area contributed by atoms with E-state index in [1.165, 1.54) is 11.3 Å². The number of carbonyl (C=O) groups excluding carboxylic acids is 2. The molecule has 1 aliphatic carbocycles. The lowest BCUT2D eigenvalue weighted by Crippen LogP contribution is -2.19. The fraction of sp³-hybridized carbons (Fsp3) is 0.200. The Morgan fingerprint density at radius 3 is 2.72 bits per heavy atom. The fourth-order valence-electron chi connectivity index (χ4n) is 4.28. The molecule has 0 spiro atoms. The van der Waals surface area contributed by atoms with Crippen LogP contribution in [0.2, 0.25) is 0 Å². The van der Waals surface area contributed by atoms with Crippen molar-refractivity contribution < 1.29 is 9.59 Å². The first kappa shape index (κ1) is 20.3. The molecular weight excluding hydrogens is 420 g/mol. The number of anilines is 1. The van der Waals surface area contributed by atoms with Gasteiger partial charge in [0.2, 0.25) is 0 Å². The van der Waals surface area contributed by atoms with E-state index in [1.54, 1.807) is 12.3 Å². The number of rotatable bonds is 4. The molecule has 3 aromatic heterocycles. The predicted octanol–water partition coefficient (Wildman–Crippen LogP) is 4.83. The Bertz CT molecular complexity index is 1350. The van der Waals surface area contributed by atoms with Crippen LogP contribution in [0, 0.1) is 5.92 Å². The summed E-state index contributed by atoms with van der Waals surface area (Å²) in [5.74, 6) is -0.244. The first-order valence-corrected chi connectivity index (χ1v) is 11.4. The number of nitrogens with two attached hydrogens (primary N) is 1. The van der Waals surface area contributed by atoms with Gasteiger partial charge in [0.15, 0.2) is 0 Å². The first-order valence-electron chi connectivity index (χ1n) is 10.6. The molecule has 160 valence electrons. The van der Waals surface area contributed by atoms with E-state index in [1.807, 2.05) is 42.5 Å². The number of carbonyl (C=O) groups is 2. The van der Waals surface area contributed by atoms with Gasteiger partial charge in [-0.2, -0.15) is 0 Å². The topological polar surface area (TPSA) is 98.0 Å². The van der Waals surface area contributed by atoms with Gasteiger partial charge in [0.05, 0.1) is 28.0 Å². The minimum absolute atomic E-state index is 0.296. The van der Waals surface area contributed by atoms with E-state index < -0.39 is 5.91 Å². The van der Waals surface area contributed by atoms with E-state index in [2.05, 4.69) is 22.2 Å². The van der Waals surface area contributed by atoms with E-state index in [0.717, 1.165) is 35.1 Å². The number of aromatic nitrogens is 2. The van der Waals surface area contributed by atoms with Crippen molar-refractivity contribution >= 4 is 39.1 Å². The van der Waals surface area contributed by atoms with Gasteiger partial charge in [0, 0.05) is 16.5 Å². The highest BCUT2D eigenvalue weighted by molar-refractivity contribution is 7.17. The van der Waals surface area contributed by atoms with Crippen LogP contribution in [0.15, 0.2) is 54.7 Å². The Morgan fingerprint density at radius 2 is 1.94 bits per heavy atom. The summed E-state index contributed by atoms with van der Waals surface area (Å²) in [6.07, 6.45) is 4.42. The van der Waals surface area contributed by atoms with Crippen molar-refractivity contribution in [3.05, 3.63) is 76.3 Å². The highest BCUT2D eigenvalue weighted by Crippen LogP contribution is 2.39. The smallest absolute Gasteiger partial charge is 0.257 e. The molecule has 7 heteroatoms. The third kappa shape index (κ3) is 3.65. The molecule has 3 heterocycles. The molecule has 4 aromatic rings. The largest absolute Gasteiger partial charge is 0.365 e. The van der Waals surface area contributed by atoms with Crippen LogP contribution in [0.25, 0.3) is 22.3 Å². The van der Waals surface area contributed by atoms with Gasteiger partial charge in [0.1, 0.15) is 5.00 Å². The van der Waals surface area contributed by atoms with E-state index in [0.29, 0.717) is 39.0 Å². The molecule has 2 amide bonds. The van der Waals surface area contributed by atoms with Crippen LogP contribution in [0.1, 0.15) is 44.5 Å². The number of hydrogen-bond donors (Lipinski definition) is 2. The number of fused-ring (bicyclic) bond motifs is 2. The monoisotopic (exact) mass is 442 g/mol. The maximum Gasteiger partial charge on any atom is 0.257 e. The summed E-state index contributed by atoms with van der Waals surface area (Å²) in [7, 11) is 0. The number of hydrogen-bond acceptors (Lipinski definition) is 5. The summed E-state index contributed by atoms with van der Waals surface area (Å²) in [4.78, 5) is 35.9. The average Bonchev–Trinajstić information content (AvgIpc) is 3.15. The van der Waals surface area contributed by atoms with Crippen molar-refractivity contribution in [2.75, 3.05) is 5.32 Å². The quantitative estimate of drug-likeness (QED) is 0.473. The predicted molar refractivity (Wildman–Crippen MR) is 127 cm³/mol. The highest BCUT2D eigenvalue weighted by Gasteiger charge is 2.28. The molecule has 5 rings (SSSR count). The summed E-state index contributed by atoms with van der Waals surface area (Å²) in [6, 6.07) is 14.8. The molecule has 0 saturated carbocycles. The first-order chi connectivity index (χ1) is 15.5. The molecule has 0 saturated heterocycles. The number of nitrogens with one attached hydrogen (secondary N) is 1. The Balaban J connectivity index is 1.58. The lowest BCUT2D eigenvalue weighted by Gasteiger charge is -2.18. The number of amides is 2. The Kier molecular flexibility index (Phi) is 5.19. The number of thiophene rings is 1. The van der Waals surface area contributed by atoms with Crippen LogP contribution in [0.5, 0.6) is 0 Å². The summed E-state index contributed by atoms with van der Waals surface area (Å²) >= 11 is 1.46. The molecule has 0 bridgehead atoms. The summed E-state index contributed by atoms with van der Waals surface area (Å²) in [5, 5.41) is 4.25. The van der Waals surface area contributed by atoms with Gasteiger partial charge in [-0.1, -0.05) is 31.2 Å². The summed E-state index contributed by atoms with van der Waals surface area (Å²) in [5.41, 5.74) is 9.65. The zero-order valence-electron chi connectivity index (χ0n) is 17.6. The second-order valence-corrected chi connectivity index (χ2v) is 9.27. The van der Waals surface area contributed by atoms with Gasteiger partial charge < -0.3 is 11.1 Å². The number of pyridine rings is 2. The molecule has 32 heavy (non-hydrogen) atoms. The summed E-state index contributed by atoms with van der Waals surface area (Å²) < 4.78 is 0. The van der Waals surface area contributed by atoms with E-state index in [-0.39, 0.29) is 5.91 Å². The van der Waals surface area contributed by atoms with Crippen molar-refractivity contribution in [3.8, 4) is 11.4 Å². The molecule has 6 nitrogen and oxygen atoms in total. The van der Waals surface area contributed by atoms with Crippen LogP contribution in [0.4, 0.5) is 5.00 Å².